The van der Waals surface area contributed by atoms with E-state index in [0.29, 0.717) is 12.8 Å². The van der Waals surface area contributed by atoms with Crippen molar-refractivity contribution in [2.45, 2.75) is 24.8 Å². The van der Waals surface area contributed by atoms with Crippen molar-refractivity contribution >= 4 is 5.97 Å². The Balaban J connectivity index is 2.59. The van der Waals surface area contributed by atoms with Gasteiger partial charge < -0.3 is 10.5 Å². The SMILES string of the molecule is COC(=O)C(N)C(F)(F)C1CC1. The van der Waals surface area contributed by atoms with Gasteiger partial charge in [0, 0.05) is 5.92 Å². The Kier molecular flexibility index (Phi) is 2.32. The first-order valence-corrected chi connectivity index (χ1v) is 3.71. The predicted molar refractivity (Wildman–Crippen MR) is 37.7 cm³/mol. The molecule has 1 aliphatic carbocycles. The molecule has 1 fully saturated rings. The minimum atomic E-state index is -3.10. The molecule has 0 aliphatic heterocycles. The number of esters is 1. The third kappa shape index (κ3) is 1.55. The maximum absolute atomic E-state index is 13.0. The fraction of sp³-hybridized carbons (Fsp3) is 0.857. The van der Waals surface area contributed by atoms with Crippen molar-refractivity contribution in [3.63, 3.8) is 0 Å². The van der Waals surface area contributed by atoms with Gasteiger partial charge in [-0.25, -0.2) is 8.78 Å². The molecule has 0 saturated heterocycles. The van der Waals surface area contributed by atoms with E-state index in [1.54, 1.807) is 0 Å². The zero-order chi connectivity index (χ0) is 9.35. The molecule has 12 heavy (non-hydrogen) atoms. The molecule has 3 nitrogen and oxygen atoms in total. The molecule has 0 aromatic heterocycles. The molecule has 70 valence electrons. The van der Waals surface area contributed by atoms with Gasteiger partial charge in [0.25, 0.3) is 5.92 Å². The van der Waals surface area contributed by atoms with E-state index in [0.717, 1.165) is 7.11 Å². The van der Waals surface area contributed by atoms with Crippen LogP contribution in [0.25, 0.3) is 0 Å². The molecule has 0 radical (unpaired) electrons. The first kappa shape index (κ1) is 9.38. The van der Waals surface area contributed by atoms with Gasteiger partial charge >= 0.3 is 5.97 Å². The van der Waals surface area contributed by atoms with Crippen LogP contribution in [0, 0.1) is 5.92 Å². The van der Waals surface area contributed by atoms with Gasteiger partial charge in [-0.2, -0.15) is 0 Å². The van der Waals surface area contributed by atoms with Crippen molar-refractivity contribution in [3.8, 4) is 0 Å². The number of carbonyl (C=O) groups excluding carboxylic acids is 1. The summed E-state index contributed by atoms with van der Waals surface area (Å²) in [6.07, 6.45) is 0.884. The molecule has 5 heteroatoms. The number of methoxy groups -OCH3 is 1. The highest BCUT2D eigenvalue weighted by atomic mass is 19.3. The normalized spacial score (nSPS) is 20.3. The number of alkyl halides is 2. The molecule has 1 saturated carbocycles. The number of carbonyl (C=O) groups is 1. The largest absolute Gasteiger partial charge is 0.468 e. The maximum atomic E-state index is 13.0. The summed E-state index contributed by atoms with van der Waals surface area (Å²) >= 11 is 0. The second-order valence-corrected chi connectivity index (χ2v) is 2.95. The number of ether oxygens (including phenoxy) is 1. The second kappa shape index (κ2) is 2.97. The first-order chi connectivity index (χ1) is 5.50. The van der Waals surface area contributed by atoms with E-state index in [9.17, 15) is 13.6 Å². The van der Waals surface area contributed by atoms with Gasteiger partial charge in [-0.05, 0) is 12.8 Å². The van der Waals surface area contributed by atoms with Crippen molar-refractivity contribution in [1.82, 2.24) is 0 Å². The standard InChI is InChI=1S/C7H11F2NO2/c1-12-6(11)5(10)7(8,9)4-2-3-4/h4-5H,2-3,10H2,1H3. The molecule has 0 heterocycles. The first-order valence-electron chi connectivity index (χ1n) is 3.71. The van der Waals surface area contributed by atoms with Crippen molar-refractivity contribution < 1.29 is 18.3 Å². The monoisotopic (exact) mass is 179 g/mol. The van der Waals surface area contributed by atoms with Crippen LogP contribution in [-0.2, 0) is 9.53 Å². The molecule has 0 spiro atoms. The van der Waals surface area contributed by atoms with Crippen molar-refractivity contribution in [1.29, 1.82) is 0 Å². The summed E-state index contributed by atoms with van der Waals surface area (Å²) in [7, 11) is 1.05. The van der Waals surface area contributed by atoms with E-state index in [-0.39, 0.29) is 0 Å². The van der Waals surface area contributed by atoms with Crippen LogP contribution in [0.3, 0.4) is 0 Å². The average molecular weight is 179 g/mol. The van der Waals surface area contributed by atoms with Gasteiger partial charge in [-0.1, -0.05) is 0 Å². The number of rotatable bonds is 3. The van der Waals surface area contributed by atoms with Crippen LogP contribution in [0.2, 0.25) is 0 Å². The molecule has 1 unspecified atom stereocenters. The van der Waals surface area contributed by atoms with Crippen LogP contribution >= 0.6 is 0 Å². The van der Waals surface area contributed by atoms with E-state index >= 15 is 0 Å². The number of halogens is 2. The Hall–Kier alpha value is -0.710. The Morgan fingerprint density at radius 1 is 1.67 bits per heavy atom. The van der Waals surface area contributed by atoms with E-state index in [1.807, 2.05) is 0 Å². The lowest BCUT2D eigenvalue weighted by Gasteiger charge is -2.20. The average Bonchev–Trinajstić information content (AvgIpc) is 2.83. The minimum absolute atomic E-state index is 0.442. The highest BCUT2D eigenvalue weighted by Crippen LogP contribution is 2.44. The predicted octanol–water partition coefficient (Wildman–Crippen LogP) is 0.532. The van der Waals surface area contributed by atoms with Gasteiger partial charge in [0.05, 0.1) is 7.11 Å². The summed E-state index contributed by atoms with van der Waals surface area (Å²) in [4.78, 5) is 10.7. The van der Waals surface area contributed by atoms with Crippen LogP contribution in [0.15, 0.2) is 0 Å². The molecule has 1 atom stereocenters. The fourth-order valence-corrected chi connectivity index (χ4v) is 1.01. The van der Waals surface area contributed by atoms with Crippen LogP contribution in [0.5, 0.6) is 0 Å². The van der Waals surface area contributed by atoms with Gasteiger partial charge in [0.2, 0.25) is 0 Å². The van der Waals surface area contributed by atoms with E-state index in [2.05, 4.69) is 4.74 Å². The van der Waals surface area contributed by atoms with Gasteiger partial charge in [-0.3, -0.25) is 4.79 Å². The summed E-state index contributed by atoms with van der Waals surface area (Å²) in [5, 5.41) is 0. The zero-order valence-electron chi connectivity index (χ0n) is 6.72. The smallest absolute Gasteiger partial charge is 0.328 e. The summed E-state index contributed by atoms with van der Waals surface area (Å²) in [6, 6.07) is -1.81. The van der Waals surface area contributed by atoms with Gasteiger partial charge in [0.15, 0.2) is 6.04 Å². The topological polar surface area (TPSA) is 52.3 Å². The molecule has 0 amide bonds. The van der Waals surface area contributed by atoms with E-state index < -0.39 is 23.9 Å². The Bertz CT molecular complexity index is 192. The van der Waals surface area contributed by atoms with Crippen LogP contribution in [0.1, 0.15) is 12.8 Å². The highest BCUT2D eigenvalue weighted by molar-refractivity contribution is 5.76. The zero-order valence-corrected chi connectivity index (χ0v) is 6.72. The Morgan fingerprint density at radius 3 is 2.50 bits per heavy atom. The Morgan fingerprint density at radius 2 is 2.17 bits per heavy atom. The summed E-state index contributed by atoms with van der Waals surface area (Å²) in [5.41, 5.74) is 5.02. The number of hydrogen-bond donors (Lipinski definition) is 1. The van der Waals surface area contributed by atoms with Crippen LogP contribution < -0.4 is 5.73 Å². The second-order valence-electron chi connectivity index (χ2n) is 2.95. The molecule has 0 aromatic carbocycles. The molecule has 1 rings (SSSR count). The van der Waals surface area contributed by atoms with E-state index in [4.69, 9.17) is 5.73 Å². The Labute approximate surface area is 68.9 Å². The summed E-state index contributed by atoms with van der Waals surface area (Å²) in [5.74, 6) is -4.88. The fourth-order valence-electron chi connectivity index (χ4n) is 1.01. The lowest BCUT2D eigenvalue weighted by atomic mass is 10.1. The van der Waals surface area contributed by atoms with Crippen molar-refractivity contribution in [2.24, 2.45) is 11.7 Å². The third-order valence-corrected chi connectivity index (χ3v) is 1.99. The maximum Gasteiger partial charge on any atom is 0.328 e. The molecule has 1 aliphatic rings. The summed E-state index contributed by atoms with van der Waals surface area (Å²) < 4.78 is 30.2. The van der Waals surface area contributed by atoms with Crippen molar-refractivity contribution in [3.05, 3.63) is 0 Å². The molecule has 0 bridgehead atoms. The van der Waals surface area contributed by atoms with Crippen LogP contribution in [0.4, 0.5) is 8.78 Å². The van der Waals surface area contributed by atoms with Crippen LogP contribution in [-0.4, -0.2) is 25.0 Å². The molecular weight excluding hydrogens is 168 g/mol. The number of hydrogen-bond acceptors (Lipinski definition) is 3. The molecular formula is C7H11F2NO2. The molecule has 0 aromatic rings. The lowest BCUT2D eigenvalue weighted by Crippen LogP contribution is -2.49. The lowest BCUT2D eigenvalue weighted by molar-refractivity contribution is -0.154. The number of nitrogens with two attached hydrogens (primary N) is 1. The van der Waals surface area contributed by atoms with Crippen molar-refractivity contribution in [2.75, 3.05) is 7.11 Å². The summed E-state index contributed by atoms with van der Waals surface area (Å²) in [6.45, 7) is 0. The highest BCUT2D eigenvalue weighted by Gasteiger charge is 2.54. The molecule has 2 N–H and O–H groups in total. The van der Waals surface area contributed by atoms with Gasteiger partial charge in [0.1, 0.15) is 0 Å². The minimum Gasteiger partial charge on any atom is -0.468 e. The van der Waals surface area contributed by atoms with Gasteiger partial charge in [-0.15, -0.1) is 0 Å². The van der Waals surface area contributed by atoms with E-state index in [1.165, 1.54) is 0 Å². The third-order valence-electron chi connectivity index (χ3n) is 1.99. The quantitative estimate of drug-likeness (QED) is 0.643.